The lowest BCUT2D eigenvalue weighted by atomic mass is 10.0. The van der Waals surface area contributed by atoms with Crippen LogP contribution in [-0.4, -0.2) is 46.0 Å². The van der Waals surface area contributed by atoms with E-state index >= 15 is 0 Å². The molecule has 2 aromatic rings. The van der Waals surface area contributed by atoms with E-state index in [1.165, 1.54) is 0 Å². The normalized spacial score (nSPS) is 15.8. The standard InChI is InChI=1S/C21H28N2O3S/c1-15-13-16(2)18(4)21(17(15)3)27(24,25)23-11-9-22(10-12-23)19-7-6-8-20(14-19)26-5/h6-8,13-14H,9-12H2,1-5H3. The van der Waals surface area contributed by atoms with Gasteiger partial charge in [-0.2, -0.15) is 4.31 Å². The first-order valence-electron chi connectivity index (χ1n) is 9.22. The Morgan fingerprint density at radius 3 is 2.04 bits per heavy atom. The van der Waals surface area contributed by atoms with Gasteiger partial charge in [0.2, 0.25) is 10.0 Å². The smallest absolute Gasteiger partial charge is 0.243 e. The van der Waals surface area contributed by atoms with Crippen molar-refractivity contribution in [2.45, 2.75) is 32.6 Å². The van der Waals surface area contributed by atoms with Crippen molar-refractivity contribution in [1.29, 1.82) is 0 Å². The van der Waals surface area contributed by atoms with Crippen LogP contribution in [0.5, 0.6) is 5.75 Å². The maximum atomic E-state index is 13.4. The number of methoxy groups -OCH3 is 1. The molecule has 0 aromatic heterocycles. The Balaban J connectivity index is 1.83. The van der Waals surface area contributed by atoms with Crippen molar-refractivity contribution in [3.05, 3.63) is 52.6 Å². The number of piperazine rings is 1. The van der Waals surface area contributed by atoms with Gasteiger partial charge in [0.05, 0.1) is 12.0 Å². The van der Waals surface area contributed by atoms with E-state index in [2.05, 4.69) is 11.0 Å². The van der Waals surface area contributed by atoms with Crippen LogP contribution < -0.4 is 9.64 Å². The maximum Gasteiger partial charge on any atom is 0.243 e. The number of sulfonamides is 1. The van der Waals surface area contributed by atoms with E-state index in [0.717, 1.165) is 33.7 Å². The number of hydrogen-bond donors (Lipinski definition) is 0. The Labute approximate surface area is 162 Å². The predicted octanol–water partition coefficient (Wildman–Crippen LogP) is 3.44. The van der Waals surface area contributed by atoms with Crippen molar-refractivity contribution >= 4 is 15.7 Å². The van der Waals surface area contributed by atoms with Gasteiger partial charge in [-0.1, -0.05) is 12.1 Å². The molecule has 3 rings (SSSR count). The Bertz CT molecular complexity index is 920. The van der Waals surface area contributed by atoms with E-state index < -0.39 is 10.0 Å². The fraction of sp³-hybridized carbons (Fsp3) is 0.429. The molecule has 0 spiro atoms. The molecule has 27 heavy (non-hydrogen) atoms. The van der Waals surface area contributed by atoms with Gasteiger partial charge < -0.3 is 9.64 Å². The fourth-order valence-corrected chi connectivity index (χ4v) is 5.69. The summed E-state index contributed by atoms with van der Waals surface area (Å²) in [4.78, 5) is 2.69. The van der Waals surface area contributed by atoms with E-state index in [1.54, 1.807) is 11.4 Å². The summed E-state index contributed by atoms with van der Waals surface area (Å²) < 4.78 is 33.6. The first-order valence-corrected chi connectivity index (χ1v) is 10.7. The van der Waals surface area contributed by atoms with Gasteiger partial charge in [-0.15, -0.1) is 0 Å². The first kappa shape index (κ1) is 19.7. The lowest BCUT2D eigenvalue weighted by Gasteiger charge is -2.36. The molecule has 146 valence electrons. The molecule has 0 atom stereocenters. The van der Waals surface area contributed by atoms with E-state index in [0.29, 0.717) is 31.1 Å². The lowest BCUT2D eigenvalue weighted by molar-refractivity contribution is 0.383. The third-order valence-corrected chi connectivity index (χ3v) is 7.73. The van der Waals surface area contributed by atoms with Crippen LogP contribution in [0.2, 0.25) is 0 Å². The Morgan fingerprint density at radius 2 is 1.48 bits per heavy atom. The molecule has 1 aliphatic rings. The van der Waals surface area contributed by atoms with E-state index in [1.807, 2.05) is 52.0 Å². The highest BCUT2D eigenvalue weighted by atomic mass is 32.2. The van der Waals surface area contributed by atoms with Crippen LogP contribution in [0.1, 0.15) is 22.3 Å². The van der Waals surface area contributed by atoms with Crippen molar-refractivity contribution in [3.63, 3.8) is 0 Å². The first-order chi connectivity index (χ1) is 12.8. The minimum atomic E-state index is -3.50. The largest absolute Gasteiger partial charge is 0.497 e. The van der Waals surface area contributed by atoms with Gasteiger partial charge in [-0.3, -0.25) is 0 Å². The average Bonchev–Trinajstić information content (AvgIpc) is 2.66. The molecule has 5 nitrogen and oxygen atoms in total. The maximum absolute atomic E-state index is 13.4. The second kappa shape index (κ2) is 7.52. The van der Waals surface area contributed by atoms with E-state index in [-0.39, 0.29) is 0 Å². The third kappa shape index (κ3) is 3.69. The number of rotatable bonds is 4. The molecule has 0 amide bonds. The van der Waals surface area contributed by atoms with Crippen LogP contribution in [0.15, 0.2) is 35.2 Å². The zero-order valence-corrected chi connectivity index (χ0v) is 17.6. The minimum Gasteiger partial charge on any atom is -0.497 e. The minimum absolute atomic E-state index is 0.478. The molecule has 1 heterocycles. The SMILES string of the molecule is COc1cccc(N2CCN(S(=O)(=O)c3c(C)c(C)cc(C)c3C)CC2)c1. The molecule has 1 saturated heterocycles. The van der Waals surface area contributed by atoms with Gasteiger partial charge in [-0.25, -0.2) is 8.42 Å². The molecular weight excluding hydrogens is 360 g/mol. The molecular formula is C21H28N2O3S. The quantitative estimate of drug-likeness (QED) is 0.805. The zero-order valence-electron chi connectivity index (χ0n) is 16.7. The summed E-state index contributed by atoms with van der Waals surface area (Å²) in [6, 6.07) is 9.95. The second-order valence-electron chi connectivity index (χ2n) is 7.18. The lowest BCUT2D eigenvalue weighted by Crippen LogP contribution is -2.49. The highest BCUT2D eigenvalue weighted by molar-refractivity contribution is 7.89. The number of aryl methyl sites for hydroxylation is 2. The van der Waals surface area contributed by atoms with E-state index in [9.17, 15) is 8.42 Å². The molecule has 6 heteroatoms. The van der Waals surface area contributed by atoms with Crippen molar-refractivity contribution in [1.82, 2.24) is 4.31 Å². The molecule has 2 aromatic carbocycles. The average molecular weight is 389 g/mol. The highest BCUT2D eigenvalue weighted by Gasteiger charge is 2.31. The van der Waals surface area contributed by atoms with Crippen LogP contribution in [0, 0.1) is 27.7 Å². The topological polar surface area (TPSA) is 49.9 Å². The van der Waals surface area contributed by atoms with Crippen LogP contribution in [0.4, 0.5) is 5.69 Å². The molecule has 0 aliphatic carbocycles. The van der Waals surface area contributed by atoms with Gasteiger partial charge in [-0.05, 0) is 62.1 Å². The van der Waals surface area contributed by atoms with Gasteiger partial charge in [0.15, 0.2) is 0 Å². The van der Waals surface area contributed by atoms with Crippen molar-refractivity contribution in [2.75, 3.05) is 38.2 Å². The molecule has 1 aliphatic heterocycles. The summed E-state index contributed by atoms with van der Waals surface area (Å²) in [7, 11) is -1.85. The van der Waals surface area contributed by atoms with Gasteiger partial charge >= 0.3 is 0 Å². The molecule has 0 N–H and O–H groups in total. The second-order valence-corrected chi connectivity index (χ2v) is 9.06. The summed E-state index contributed by atoms with van der Waals surface area (Å²) in [6.45, 7) is 10.0. The summed E-state index contributed by atoms with van der Waals surface area (Å²) in [5, 5.41) is 0. The monoisotopic (exact) mass is 388 g/mol. The van der Waals surface area contributed by atoms with Crippen LogP contribution in [-0.2, 0) is 10.0 Å². The van der Waals surface area contributed by atoms with E-state index in [4.69, 9.17) is 4.74 Å². The molecule has 0 radical (unpaired) electrons. The molecule has 0 unspecified atom stereocenters. The fourth-order valence-electron chi connectivity index (χ4n) is 3.69. The zero-order chi connectivity index (χ0) is 19.8. The van der Waals surface area contributed by atoms with Gasteiger partial charge in [0, 0.05) is 37.9 Å². The molecule has 0 bridgehead atoms. The number of ether oxygens (including phenoxy) is 1. The van der Waals surface area contributed by atoms with Gasteiger partial charge in [0.25, 0.3) is 0 Å². The summed E-state index contributed by atoms with van der Waals surface area (Å²) in [5.74, 6) is 0.809. The Hall–Kier alpha value is -2.05. The molecule has 1 fully saturated rings. The number of benzene rings is 2. The third-order valence-electron chi connectivity index (χ3n) is 5.55. The van der Waals surface area contributed by atoms with Crippen molar-refractivity contribution < 1.29 is 13.2 Å². The summed E-state index contributed by atoms with van der Waals surface area (Å²) in [6.07, 6.45) is 0. The van der Waals surface area contributed by atoms with Crippen LogP contribution in [0.3, 0.4) is 0 Å². The predicted molar refractivity (Wildman–Crippen MR) is 109 cm³/mol. The molecule has 0 saturated carbocycles. The number of nitrogens with zero attached hydrogens (tertiary/aromatic N) is 2. The van der Waals surface area contributed by atoms with Crippen LogP contribution >= 0.6 is 0 Å². The number of hydrogen-bond acceptors (Lipinski definition) is 4. The summed E-state index contributed by atoms with van der Waals surface area (Å²) >= 11 is 0. The number of anilines is 1. The summed E-state index contributed by atoms with van der Waals surface area (Å²) in [5.41, 5.74) is 4.81. The Morgan fingerprint density at radius 1 is 0.889 bits per heavy atom. The highest BCUT2D eigenvalue weighted by Crippen LogP contribution is 2.30. The van der Waals surface area contributed by atoms with Gasteiger partial charge in [0.1, 0.15) is 5.75 Å². The Kier molecular flexibility index (Phi) is 5.49. The van der Waals surface area contributed by atoms with Crippen molar-refractivity contribution in [3.8, 4) is 5.75 Å². The van der Waals surface area contributed by atoms with Crippen LogP contribution in [0.25, 0.3) is 0 Å². The van der Waals surface area contributed by atoms with Crippen molar-refractivity contribution in [2.24, 2.45) is 0 Å².